The minimum Gasteiger partial charge on any atom is -0.294 e. The summed E-state index contributed by atoms with van der Waals surface area (Å²) < 4.78 is 13.0. The van der Waals surface area contributed by atoms with E-state index in [9.17, 15) is 14.0 Å². The van der Waals surface area contributed by atoms with Crippen LogP contribution in [0.1, 0.15) is 84.1 Å². The minimum atomic E-state index is -0.391. The molecule has 0 N–H and O–H groups in total. The van der Waals surface area contributed by atoms with Crippen molar-refractivity contribution in [1.29, 1.82) is 0 Å². The monoisotopic (exact) mass is 366 g/mol. The number of ketones is 2. The van der Waals surface area contributed by atoms with E-state index in [1.54, 1.807) is 0 Å². The molecule has 3 heteroatoms. The Hall–Kier alpha value is -2.29. The lowest BCUT2D eigenvalue weighted by molar-refractivity contribution is 0.0894. The highest BCUT2D eigenvalue weighted by Crippen LogP contribution is 2.37. The van der Waals surface area contributed by atoms with Crippen LogP contribution in [-0.4, -0.2) is 11.6 Å². The maximum absolute atomic E-state index is 13.0. The molecule has 0 amide bonds. The van der Waals surface area contributed by atoms with Crippen LogP contribution >= 0.6 is 0 Å². The van der Waals surface area contributed by atoms with Gasteiger partial charge < -0.3 is 0 Å². The number of benzene rings is 2. The van der Waals surface area contributed by atoms with Gasteiger partial charge in [0, 0.05) is 11.1 Å². The molecule has 27 heavy (non-hydrogen) atoms. The highest BCUT2D eigenvalue weighted by Gasteiger charge is 2.22. The Morgan fingerprint density at radius 1 is 0.852 bits per heavy atom. The van der Waals surface area contributed by atoms with Crippen LogP contribution < -0.4 is 0 Å². The highest BCUT2D eigenvalue weighted by molar-refractivity contribution is 6.13. The molecule has 0 unspecified atom stereocenters. The fraction of sp³-hybridized carbons (Fsp3) is 0.417. The van der Waals surface area contributed by atoms with Gasteiger partial charge in [0.1, 0.15) is 5.82 Å². The Labute approximate surface area is 160 Å². The molecular weight excluding hydrogens is 339 g/mol. The van der Waals surface area contributed by atoms with E-state index in [2.05, 4.69) is 6.92 Å². The average Bonchev–Trinajstić information content (AvgIpc) is 2.69. The Balaban J connectivity index is 1.57. The zero-order valence-corrected chi connectivity index (χ0v) is 15.9. The molecule has 0 spiro atoms. The minimum absolute atomic E-state index is 0.187. The van der Waals surface area contributed by atoms with Crippen molar-refractivity contribution in [3.05, 3.63) is 71.0 Å². The first-order chi connectivity index (χ1) is 13.1. The van der Waals surface area contributed by atoms with Crippen molar-refractivity contribution < 1.29 is 14.0 Å². The third-order valence-electron chi connectivity index (χ3n) is 5.74. The van der Waals surface area contributed by atoms with Gasteiger partial charge in [0.05, 0.1) is 6.42 Å². The molecular formula is C24H27FO2. The van der Waals surface area contributed by atoms with E-state index in [-0.39, 0.29) is 18.0 Å². The highest BCUT2D eigenvalue weighted by atomic mass is 19.1. The fourth-order valence-electron chi connectivity index (χ4n) is 4.12. The van der Waals surface area contributed by atoms with Gasteiger partial charge in [-0.25, -0.2) is 4.39 Å². The third-order valence-corrected chi connectivity index (χ3v) is 5.74. The fourth-order valence-corrected chi connectivity index (χ4v) is 4.12. The SMILES string of the molecule is CCCC1CCC(c2ccc(C(=O)CC(=O)c3ccc(F)cc3)cc2)CC1. The number of Topliss-reactive ketones (excluding diaryl/α,β-unsaturated/α-hetero) is 2. The molecule has 0 aliphatic heterocycles. The van der Waals surface area contributed by atoms with E-state index < -0.39 is 5.82 Å². The van der Waals surface area contributed by atoms with Crippen molar-refractivity contribution in [3.63, 3.8) is 0 Å². The lowest BCUT2D eigenvalue weighted by atomic mass is 9.77. The van der Waals surface area contributed by atoms with Crippen LogP contribution in [0.2, 0.25) is 0 Å². The van der Waals surface area contributed by atoms with E-state index >= 15 is 0 Å². The summed E-state index contributed by atoms with van der Waals surface area (Å²) in [5, 5.41) is 0. The first kappa shape index (κ1) is 19.5. The van der Waals surface area contributed by atoms with Gasteiger partial charge in [-0.05, 0) is 67.3 Å². The second-order valence-electron chi connectivity index (χ2n) is 7.66. The number of carbonyl (C=O) groups excluding carboxylic acids is 2. The van der Waals surface area contributed by atoms with E-state index in [0.717, 1.165) is 5.92 Å². The molecule has 0 bridgehead atoms. The van der Waals surface area contributed by atoms with Crippen molar-refractivity contribution in [2.75, 3.05) is 0 Å². The summed E-state index contributed by atoms with van der Waals surface area (Å²) in [5.74, 6) is 0.603. The standard InChI is InChI=1S/C24H27FO2/c1-2-3-17-4-6-18(7-5-17)19-8-10-20(11-9-19)23(26)16-24(27)21-12-14-22(25)15-13-21/h8-15,17-18H,2-7,16H2,1H3. The van der Waals surface area contributed by atoms with Crippen molar-refractivity contribution in [3.8, 4) is 0 Å². The Kier molecular flexibility index (Phi) is 6.54. The van der Waals surface area contributed by atoms with Gasteiger partial charge in [0.15, 0.2) is 11.6 Å². The summed E-state index contributed by atoms with van der Waals surface area (Å²) in [6, 6.07) is 13.1. The quantitative estimate of drug-likeness (QED) is 0.422. The lowest BCUT2D eigenvalue weighted by Gasteiger charge is -2.28. The number of hydrogen-bond donors (Lipinski definition) is 0. The van der Waals surface area contributed by atoms with Gasteiger partial charge in [-0.2, -0.15) is 0 Å². The molecule has 1 saturated carbocycles. The van der Waals surface area contributed by atoms with Crippen molar-refractivity contribution in [1.82, 2.24) is 0 Å². The smallest absolute Gasteiger partial charge is 0.170 e. The maximum Gasteiger partial charge on any atom is 0.170 e. The topological polar surface area (TPSA) is 34.1 Å². The largest absolute Gasteiger partial charge is 0.294 e. The molecule has 1 fully saturated rings. The molecule has 0 radical (unpaired) electrons. The van der Waals surface area contributed by atoms with Gasteiger partial charge in [-0.15, -0.1) is 0 Å². The number of carbonyl (C=O) groups is 2. The van der Waals surface area contributed by atoms with Crippen molar-refractivity contribution in [2.45, 2.75) is 57.8 Å². The molecule has 142 valence electrons. The van der Waals surface area contributed by atoms with E-state index in [1.165, 1.54) is 68.4 Å². The Morgan fingerprint density at radius 2 is 1.37 bits per heavy atom. The molecule has 0 atom stereocenters. The van der Waals surface area contributed by atoms with Gasteiger partial charge in [0.2, 0.25) is 0 Å². The van der Waals surface area contributed by atoms with Crippen LogP contribution in [0.25, 0.3) is 0 Å². The molecule has 0 aromatic heterocycles. The summed E-state index contributed by atoms with van der Waals surface area (Å²) in [4.78, 5) is 24.6. The van der Waals surface area contributed by atoms with Crippen molar-refractivity contribution in [2.24, 2.45) is 5.92 Å². The van der Waals surface area contributed by atoms with Crippen LogP contribution in [0.3, 0.4) is 0 Å². The van der Waals surface area contributed by atoms with Gasteiger partial charge in [-0.1, -0.05) is 44.0 Å². The summed E-state index contributed by atoms with van der Waals surface area (Å²) in [5.41, 5.74) is 2.23. The zero-order chi connectivity index (χ0) is 19.2. The Morgan fingerprint density at radius 3 is 1.89 bits per heavy atom. The third kappa shape index (κ3) is 5.12. The second kappa shape index (κ2) is 9.07. The summed E-state index contributed by atoms with van der Waals surface area (Å²) in [7, 11) is 0. The van der Waals surface area contributed by atoms with Crippen LogP contribution in [0.15, 0.2) is 48.5 Å². The van der Waals surface area contributed by atoms with Crippen molar-refractivity contribution >= 4 is 11.6 Å². The van der Waals surface area contributed by atoms with Crippen LogP contribution in [-0.2, 0) is 0 Å². The normalized spacial score (nSPS) is 19.6. The molecule has 1 aliphatic rings. The van der Waals surface area contributed by atoms with Crippen LogP contribution in [0.5, 0.6) is 0 Å². The molecule has 1 aliphatic carbocycles. The van der Waals surface area contributed by atoms with Crippen LogP contribution in [0, 0.1) is 11.7 Å². The lowest BCUT2D eigenvalue weighted by Crippen LogP contribution is -2.13. The van der Waals surface area contributed by atoms with E-state index in [1.807, 2.05) is 24.3 Å². The summed E-state index contributed by atoms with van der Waals surface area (Å²) in [6.07, 6.45) is 7.46. The summed E-state index contributed by atoms with van der Waals surface area (Å²) >= 11 is 0. The van der Waals surface area contributed by atoms with E-state index in [0.29, 0.717) is 17.0 Å². The molecule has 0 saturated heterocycles. The second-order valence-corrected chi connectivity index (χ2v) is 7.66. The van der Waals surface area contributed by atoms with Gasteiger partial charge in [0.25, 0.3) is 0 Å². The summed E-state index contributed by atoms with van der Waals surface area (Å²) in [6.45, 7) is 2.25. The van der Waals surface area contributed by atoms with Gasteiger partial charge >= 0.3 is 0 Å². The molecule has 2 nitrogen and oxygen atoms in total. The number of hydrogen-bond acceptors (Lipinski definition) is 2. The first-order valence-electron chi connectivity index (χ1n) is 9.98. The predicted molar refractivity (Wildman–Crippen MR) is 106 cm³/mol. The molecule has 0 heterocycles. The van der Waals surface area contributed by atoms with Crippen LogP contribution in [0.4, 0.5) is 4.39 Å². The maximum atomic E-state index is 13.0. The Bertz CT molecular complexity index is 769. The molecule has 2 aromatic carbocycles. The molecule has 3 rings (SSSR count). The number of rotatable bonds is 7. The first-order valence-corrected chi connectivity index (χ1v) is 9.98. The zero-order valence-electron chi connectivity index (χ0n) is 15.9. The van der Waals surface area contributed by atoms with Gasteiger partial charge in [-0.3, -0.25) is 9.59 Å². The van der Waals surface area contributed by atoms with E-state index in [4.69, 9.17) is 0 Å². The molecule has 2 aromatic rings. The predicted octanol–water partition coefficient (Wildman–Crippen LogP) is 6.36. The number of halogens is 1. The average molecular weight is 366 g/mol.